The zero-order valence-electron chi connectivity index (χ0n) is 13.3. The van der Waals surface area contributed by atoms with Gasteiger partial charge in [0.25, 0.3) is 0 Å². The van der Waals surface area contributed by atoms with Gasteiger partial charge >= 0.3 is 5.97 Å². The summed E-state index contributed by atoms with van der Waals surface area (Å²) in [5.41, 5.74) is 2.86. The second kappa shape index (κ2) is 7.38. The molecular formula is C18H19ClO4. The smallest absolute Gasteiger partial charge is 0.345 e. The number of halogens is 1. The van der Waals surface area contributed by atoms with Gasteiger partial charge in [-0.2, -0.15) is 0 Å². The highest BCUT2D eigenvalue weighted by molar-refractivity contribution is 6.30. The van der Waals surface area contributed by atoms with Gasteiger partial charge in [0.2, 0.25) is 0 Å². The van der Waals surface area contributed by atoms with Gasteiger partial charge in [-0.3, -0.25) is 0 Å². The molecule has 0 unspecified atom stereocenters. The van der Waals surface area contributed by atoms with E-state index in [4.69, 9.17) is 21.1 Å². The van der Waals surface area contributed by atoms with Crippen LogP contribution in [0.5, 0.6) is 11.5 Å². The van der Waals surface area contributed by atoms with E-state index in [9.17, 15) is 9.90 Å². The van der Waals surface area contributed by atoms with Crippen molar-refractivity contribution >= 4 is 17.6 Å². The number of rotatable bonds is 6. The monoisotopic (exact) mass is 334 g/mol. The first-order chi connectivity index (χ1) is 10.9. The Morgan fingerprint density at radius 3 is 2.52 bits per heavy atom. The van der Waals surface area contributed by atoms with Crippen molar-refractivity contribution in [1.29, 1.82) is 0 Å². The fraction of sp³-hybridized carbons (Fsp3) is 0.278. The third-order valence-corrected chi connectivity index (χ3v) is 3.92. The standard InChI is InChI=1S/C18H19ClO4/c1-11-4-6-15(8-12(11)2)23-17(18(20)21)10-13-9-14(19)5-7-16(13)22-3/h4-9,17H,10H2,1-3H3,(H,20,21)/t17-/m1/s1. The van der Waals surface area contributed by atoms with Gasteiger partial charge in [-0.15, -0.1) is 0 Å². The number of ether oxygens (including phenoxy) is 2. The van der Waals surface area contributed by atoms with E-state index >= 15 is 0 Å². The Morgan fingerprint density at radius 1 is 1.17 bits per heavy atom. The number of carboxylic acids is 1. The second-order valence-corrected chi connectivity index (χ2v) is 5.79. The predicted octanol–water partition coefficient (Wildman–Crippen LogP) is 4.04. The largest absolute Gasteiger partial charge is 0.496 e. The van der Waals surface area contributed by atoms with E-state index in [0.717, 1.165) is 11.1 Å². The molecule has 0 bridgehead atoms. The number of hydrogen-bond acceptors (Lipinski definition) is 3. The molecule has 0 fully saturated rings. The minimum atomic E-state index is -1.04. The Bertz CT molecular complexity index is 712. The number of aliphatic carboxylic acids is 1. The van der Waals surface area contributed by atoms with Gasteiger partial charge < -0.3 is 14.6 Å². The maximum absolute atomic E-state index is 11.5. The molecule has 1 atom stereocenters. The molecule has 5 heteroatoms. The summed E-state index contributed by atoms with van der Waals surface area (Å²) in [5.74, 6) is 0.0797. The van der Waals surface area contributed by atoms with Crippen LogP contribution in [0.4, 0.5) is 0 Å². The summed E-state index contributed by atoms with van der Waals surface area (Å²) in [6, 6.07) is 10.6. The minimum absolute atomic E-state index is 0.159. The van der Waals surface area contributed by atoms with Gasteiger partial charge in [0.15, 0.2) is 6.10 Å². The molecular weight excluding hydrogens is 316 g/mol. The van der Waals surface area contributed by atoms with Crippen molar-refractivity contribution < 1.29 is 19.4 Å². The zero-order chi connectivity index (χ0) is 17.0. The second-order valence-electron chi connectivity index (χ2n) is 5.35. The van der Waals surface area contributed by atoms with Crippen LogP contribution >= 0.6 is 11.6 Å². The lowest BCUT2D eigenvalue weighted by Gasteiger charge is -2.17. The number of hydrogen-bond donors (Lipinski definition) is 1. The molecule has 0 heterocycles. The van der Waals surface area contributed by atoms with Crippen molar-refractivity contribution in [1.82, 2.24) is 0 Å². The molecule has 0 amide bonds. The highest BCUT2D eigenvalue weighted by Gasteiger charge is 2.22. The summed E-state index contributed by atoms with van der Waals surface area (Å²) in [6.07, 6.45) is -0.865. The lowest BCUT2D eigenvalue weighted by molar-refractivity contribution is -0.145. The van der Waals surface area contributed by atoms with E-state index in [-0.39, 0.29) is 6.42 Å². The molecule has 1 N–H and O–H groups in total. The van der Waals surface area contributed by atoms with Gasteiger partial charge in [0.05, 0.1) is 7.11 Å². The quantitative estimate of drug-likeness (QED) is 0.866. The molecule has 2 aromatic carbocycles. The van der Waals surface area contributed by atoms with Crippen molar-refractivity contribution in [2.75, 3.05) is 7.11 Å². The molecule has 2 rings (SSSR count). The minimum Gasteiger partial charge on any atom is -0.496 e. The van der Waals surface area contributed by atoms with E-state index in [1.54, 1.807) is 24.3 Å². The Hall–Kier alpha value is -2.20. The SMILES string of the molecule is COc1ccc(Cl)cc1C[C@@H](Oc1ccc(C)c(C)c1)C(=O)O. The van der Waals surface area contributed by atoms with E-state index in [1.165, 1.54) is 7.11 Å². The molecule has 122 valence electrons. The van der Waals surface area contributed by atoms with Crippen LogP contribution in [0.15, 0.2) is 36.4 Å². The van der Waals surface area contributed by atoms with E-state index in [2.05, 4.69) is 0 Å². The lowest BCUT2D eigenvalue weighted by atomic mass is 10.1. The molecule has 0 spiro atoms. The maximum atomic E-state index is 11.5. The van der Waals surface area contributed by atoms with Crippen LogP contribution in [0.25, 0.3) is 0 Å². The highest BCUT2D eigenvalue weighted by Crippen LogP contribution is 2.26. The van der Waals surface area contributed by atoms with Crippen molar-refractivity contribution in [2.24, 2.45) is 0 Å². The number of aryl methyl sites for hydroxylation is 2. The van der Waals surface area contributed by atoms with Crippen LogP contribution in [0.1, 0.15) is 16.7 Å². The summed E-state index contributed by atoms with van der Waals surface area (Å²) in [5, 5.41) is 9.98. The van der Waals surface area contributed by atoms with Crippen LogP contribution in [0, 0.1) is 13.8 Å². The molecule has 0 saturated carbocycles. The predicted molar refractivity (Wildman–Crippen MR) is 89.7 cm³/mol. The van der Waals surface area contributed by atoms with Crippen LogP contribution in [0.3, 0.4) is 0 Å². The van der Waals surface area contributed by atoms with Crippen LogP contribution in [0.2, 0.25) is 5.02 Å². The van der Waals surface area contributed by atoms with Crippen molar-refractivity contribution in [3.8, 4) is 11.5 Å². The average Bonchev–Trinajstić information content (AvgIpc) is 2.50. The van der Waals surface area contributed by atoms with E-state index < -0.39 is 12.1 Å². The molecule has 4 nitrogen and oxygen atoms in total. The Balaban J connectivity index is 2.24. The number of benzene rings is 2. The summed E-state index contributed by atoms with van der Waals surface area (Å²) in [6.45, 7) is 3.95. The molecule has 23 heavy (non-hydrogen) atoms. The number of carboxylic acid groups (broad SMARTS) is 1. The number of methoxy groups -OCH3 is 1. The highest BCUT2D eigenvalue weighted by atomic mass is 35.5. The maximum Gasteiger partial charge on any atom is 0.345 e. The molecule has 0 aromatic heterocycles. The van der Waals surface area contributed by atoms with Crippen LogP contribution < -0.4 is 9.47 Å². The van der Waals surface area contributed by atoms with E-state index in [0.29, 0.717) is 22.1 Å². The third kappa shape index (κ3) is 4.39. The van der Waals surface area contributed by atoms with Gasteiger partial charge in [-0.05, 0) is 60.9 Å². The van der Waals surface area contributed by atoms with E-state index in [1.807, 2.05) is 26.0 Å². The Kier molecular flexibility index (Phi) is 5.50. The van der Waals surface area contributed by atoms with Crippen molar-refractivity contribution in [2.45, 2.75) is 26.4 Å². The van der Waals surface area contributed by atoms with Gasteiger partial charge in [0.1, 0.15) is 11.5 Å². The van der Waals surface area contributed by atoms with Crippen LogP contribution in [-0.4, -0.2) is 24.3 Å². The first kappa shape index (κ1) is 17.2. The first-order valence-corrected chi connectivity index (χ1v) is 7.57. The summed E-state index contributed by atoms with van der Waals surface area (Å²) >= 11 is 5.99. The summed E-state index contributed by atoms with van der Waals surface area (Å²) in [7, 11) is 1.53. The lowest BCUT2D eigenvalue weighted by Crippen LogP contribution is -2.29. The fourth-order valence-corrected chi connectivity index (χ4v) is 2.43. The van der Waals surface area contributed by atoms with Gasteiger partial charge in [0, 0.05) is 11.4 Å². The molecule has 0 saturated heterocycles. The average molecular weight is 335 g/mol. The molecule has 0 radical (unpaired) electrons. The fourth-order valence-electron chi connectivity index (χ4n) is 2.24. The molecule has 0 aliphatic heterocycles. The number of carbonyl (C=O) groups is 1. The van der Waals surface area contributed by atoms with Gasteiger partial charge in [-0.1, -0.05) is 17.7 Å². The molecule has 0 aliphatic rings. The van der Waals surface area contributed by atoms with Crippen molar-refractivity contribution in [3.63, 3.8) is 0 Å². The molecule has 0 aliphatic carbocycles. The first-order valence-electron chi connectivity index (χ1n) is 7.20. The summed E-state index contributed by atoms with van der Waals surface area (Å²) < 4.78 is 10.9. The van der Waals surface area contributed by atoms with Crippen LogP contribution in [-0.2, 0) is 11.2 Å². The van der Waals surface area contributed by atoms with Crippen molar-refractivity contribution in [3.05, 3.63) is 58.1 Å². The summed E-state index contributed by atoms with van der Waals surface area (Å²) in [4.78, 5) is 11.5. The Labute approximate surface area is 140 Å². The third-order valence-electron chi connectivity index (χ3n) is 3.68. The topological polar surface area (TPSA) is 55.8 Å². The van der Waals surface area contributed by atoms with Gasteiger partial charge in [-0.25, -0.2) is 4.79 Å². The normalized spacial score (nSPS) is 11.8. The zero-order valence-corrected chi connectivity index (χ0v) is 14.1. The molecule has 2 aromatic rings. The Morgan fingerprint density at radius 2 is 1.91 bits per heavy atom.